The van der Waals surface area contributed by atoms with Gasteiger partial charge >= 0.3 is 6.09 Å². The minimum absolute atomic E-state index is 0.0766. The second-order valence-corrected chi connectivity index (χ2v) is 9.02. The van der Waals surface area contributed by atoms with E-state index in [1.54, 1.807) is 21.8 Å². The van der Waals surface area contributed by atoms with E-state index in [-0.39, 0.29) is 30.9 Å². The molecule has 2 heterocycles. The van der Waals surface area contributed by atoms with Crippen molar-refractivity contribution in [1.29, 1.82) is 0 Å². The van der Waals surface area contributed by atoms with Gasteiger partial charge in [-0.05, 0) is 62.7 Å². The van der Waals surface area contributed by atoms with Crippen LogP contribution in [0.4, 0.5) is 20.6 Å². The lowest BCUT2D eigenvalue weighted by atomic mass is 10.0. The number of ether oxygens (including phenoxy) is 1. The number of nitrogens with zero attached hydrogens (tertiary/aromatic N) is 4. The first kappa shape index (κ1) is 23.4. The first-order valence-electron chi connectivity index (χ1n) is 11.0. The van der Waals surface area contributed by atoms with Gasteiger partial charge in [-0.15, -0.1) is 0 Å². The Bertz CT molecular complexity index is 1220. The molecule has 2 aromatic carbocycles. The summed E-state index contributed by atoms with van der Waals surface area (Å²) in [5.41, 5.74) is 2.12. The number of fused-ring (bicyclic) bond motifs is 1. The van der Waals surface area contributed by atoms with Crippen LogP contribution >= 0.6 is 0 Å². The molecular weight excluding hydrogens is 439 g/mol. The number of amides is 2. The van der Waals surface area contributed by atoms with Crippen LogP contribution in [-0.4, -0.2) is 46.1 Å². The van der Waals surface area contributed by atoms with Crippen LogP contribution in [0.1, 0.15) is 27.7 Å². The molecule has 0 radical (unpaired) electrons. The summed E-state index contributed by atoms with van der Waals surface area (Å²) < 4.78 is 20.4. The molecular formula is C25H27FN4O4. The number of anilines is 2. The molecule has 4 rings (SSSR count). The number of aliphatic hydroxyl groups is 1. The second-order valence-electron chi connectivity index (χ2n) is 9.02. The lowest BCUT2D eigenvalue weighted by molar-refractivity contribution is -0.117. The molecule has 34 heavy (non-hydrogen) atoms. The molecule has 1 aliphatic heterocycles. The molecule has 1 aliphatic rings. The number of hydrogen-bond acceptors (Lipinski definition) is 5. The Morgan fingerprint density at radius 1 is 1.15 bits per heavy atom. The van der Waals surface area contributed by atoms with Gasteiger partial charge in [0.2, 0.25) is 5.91 Å². The standard InChI is InChI=1S/C25H27FN4O4/c1-16-13-28(24(33)34-21-8-6-20(26)7-9-21)23-11-18(5-10-22(23)30(16)17(2)32)19-12-27-29(14-19)25(3,4)15-31/h5-12,14,16,31H,13,15H2,1-4H3/t16-/m0/s1. The van der Waals surface area contributed by atoms with E-state index in [0.717, 1.165) is 11.1 Å². The van der Waals surface area contributed by atoms with Gasteiger partial charge in [0.15, 0.2) is 0 Å². The molecule has 1 atom stereocenters. The summed E-state index contributed by atoms with van der Waals surface area (Å²) >= 11 is 0. The van der Waals surface area contributed by atoms with Gasteiger partial charge in [0, 0.05) is 25.2 Å². The smallest absolute Gasteiger partial charge is 0.410 e. The predicted octanol–water partition coefficient (Wildman–Crippen LogP) is 4.18. The summed E-state index contributed by atoms with van der Waals surface area (Å²) in [4.78, 5) is 28.6. The molecule has 178 valence electrons. The van der Waals surface area contributed by atoms with Crippen LogP contribution in [0.2, 0.25) is 0 Å². The summed E-state index contributed by atoms with van der Waals surface area (Å²) in [6.07, 6.45) is 2.89. The van der Waals surface area contributed by atoms with Crippen molar-refractivity contribution in [2.24, 2.45) is 0 Å². The Labute approximate surface area is 197 Å². The molecule has 0 saturated carbocycles. The van der Waals surface area contributed by atoms with Crippen molar-refractivity contribution in [2.45, 2.75) is 39.3 Å². The van der Waals surface area contributed by atoms with Crippen molar-refractivity contribution < 1.29 is 23.8 Å². The number of carbonyl (C=O) groups is 2. The number of aromatic nitrogens is 2. The molecule has 1 aromatic heterocycles. The van der Waals surface area contributed by atoms with Crippen LogP contribution in [-0.2, 0) is 10.3 Å². The minimum Gasteiger partial charge on any atom is -0.410 e. The molecule has 0 spiro atoms. The molecule has 8 nitrogen and oxygen atoms in total. The van der Waals surface area contributed by atoms with Crippen LogP contribution in [0.3, 0.4) is 0 Å². The Hall–Kier alpha value is -3.72. The van der Waals surface area contributed by atoms with Gasteiger partial charge in [-0.25, -0.2) is 9.18 Å². The average Bonchev–Trinajstić information content (AvgIpc) is 3.31. The molecule has 3 aromatic rings. The maximum Gasteiger partial charge on any atom is 0.419 e. The van der Waals surface area contributed by atoms with Gasteiger partial charge in [-0.3, -0.25) is 14.4 Å². The maximum atomic E-state index is 13.2. The molecule has 2 amide bonds. The fourth-order valence-corrected chi connectivity index (χ4v) is 3.99. The highest BCUT2D eigenvalue weighted by Crippen LogP contribution is 2.39. The summed E-state index contributed by atoms with van der Waals surface area (Å²) in [7, 11) is 0. The van der Waals surface area contributed by atoms with Crippen molar-refractivity contribution in [3.8, 4) is 16.9 Å². The van der Waals surface area contributed by atoms with Gasteiger partial charge in [-0.2, -0.15) is 5.10 Å². The fraction of sp³-hybridized carbons (Fsp3) is 0.320. The van der Waals surface area contributed by atoms with E-state index >= 15 is 0 Å². The Kier molecular flexibility index (Phi) is 6.14. The summed E-state index contributed by atoms with van der Waals surface area (Å²) in [5.74, 6) is -0.341. The van der Waals surface area contributed by atoms with Gasteiger partial charge in [0.05, 0.1) is 35.8 Å². The van der Waals surface area contributed by atoms with Gasteiger partial charge in [-0.1, -0.05) is 6.07 Å². The number of hydrogen-bond donors (Lipinski definition) is 1. The third kappa shape index (κ3) is 4.38. The molecule has 0 aliphatic carbocycles. The highest BCUT2D eigenvalue weighted by molar-refractivity contribution is 6.03. The summed E-state index contributed by atoms with van der Waals surface area (Å²) in [6.45, 7) is 7.24. The van der Waals surface area contributed by atoms with Crippen molar-refractivity contribution in [2.75, 3.05) is 23.0 Å². The first-order valence-corrected chi connectivity index (χ1v) is 11.0. The largest absolute Gasteiger partial charge is 0.419 e. The molecule has 0 fully saturated rings. The van der Waals surface area contributed by atoms with Crippen molar-refractivity contribution in [1.82, 2.24) is 9.78 Å². The summed E-state index contributed by atoms with van der Waals surface area (Å²) in [5, 5.41) is 14.0. The van der Waals surface area contributed by atoms with E-state index in [9.17, 15) is 19.1 Å². The zero-order valence-corrected chi connectivity index (χ0v) is 19.5. The zero-order chi connectivity index (χ0) is 24.6. The van der Waals surface area contributed by atoms with Gasteiger partial charge < -0.3 is 14.7 Å². The molecule has 0 unspecified atom stereocenters. The maximum absolute atomic E-state index is 13.2. The number of benzene rings is 2. The van der Waals surface area contributed by atoms with E-state index < -0.39 is 17.4 Å². The van der Waals surface area contributed by atoms with Crippen LogP contribution in [0.25, 0.3) is 11.1 Å². The quantitative estimate of drug-likeness (QED) is 0.623. The normalized spacial score (nSPS) is 15.8. The lowest BCUT2D eigenvalue weighted by Crippen LogP contribution is -2.52. The van der Waals surface area contributed by atoms with E-state index in [0.29, 0.717) is 11.4 Å². The number of aliphatic hydroxyl groups excluding tert-OH is 1. The van der Waals surface area contributed by atoms with E-state index in [4.69, 9.17) is 4.74 Å². The van der Waals surface area contributed by atoms with Crippen molar-refractivity contribution in [3.63, 3.8) is 0 Å². The third-order valence-electron chi connectivity index (χ3n) is 5.91. The Morgan fingerprint density at radius 2 is 1.85 bits per heavy atom. The van der Waals surface area contributed by atoms with Crippen LogP contribution in [0.15, 0.2) is 54.9 Å². The Morgan fingerprint density at radius 3 is 2.50 bits per heavy atom. The Balaban J connectivity index is 1.73. The van der Waals surface area contributed by atoms with Crippen LogP contribution in [0, 0.1) is 5.82 Å². The van der Waals surface area contributed by atoms with E-state index in [1.807, 2.05) is 39.1 Å². The summed E-state index contributed by atoms with van der Waals surface area (Å²) in [6, 6.07) is 10.4. The predicted molar refractivity (Wildman–Crippen MR) is 126 cm³/mol. The lowest BCUT2D eigenvalue weighted by Gasteiger charge is -2.40. The number of halogens is 1. The molecule has 1 N–H and O–H groups in total. The van der Waals surface area contributed by atoms with E-state index in [1.165, 1.54) is 36.1 Å². The highest BCUT2D eigenvalue weighted by Gasteiger charge is 2.35. The van der Waals surface area contributed by atoms with Gasteiger partial charge in [0.1, 0.15) is 11.6 Å². The SMILES string of the molecule is CC(=O)N1c2ccc(-c3cnn(C(C)(C)CO)c3)cc2N(C(=O)Oc2ccc(F)cc2)C[C@@H]1C. The minimum atomic E-state index is -0.628. The van der Waals surface area contributed by atoms with Crippen molar-refractivity contribution >= 4 is 23.4 Å². The molecule has 0 saturated heterocycles. The van der Waals surface area contributed by atoms with Crippen molar-refractivity contribution in [3.05, 3.63) is 60.7 Å². The topological polar surface area (TPSA) is 87.9 Å². The van der Waals surface area contributed by atoms with Crippen LogP contribution < -0.4 is 14.5 Å². The molecule has 0 bridgehead atoms. The monoisotopic (exact) mass is 466 g/mol. The third-order valence-corrected chi connectivity index (χ3v) is 5.91. The first-order chi connectivity index (χ1) is 16.1. The van der Waals surface area contributed by atoms with Gasteiger partial charge in [0.25, 0.3) is 0 Å². The second kappa shape index (κ2) is 8.90. The van der Waals surface area contributed by atoms with Crippen LogP contribution in [0.5, 0.6) is 5.75 Å². The number of rotatable bonds is 4. The fourth-order valence-electron chi connectivity index (χ4n) is 3.99. The number of carbonyl (C=O) groups excluding carboxylic acids is 2. The van der Waals surface area contributed by atoms with E-state index in [2.05, 4.69) is 5.10 Å². The molecule has 9 heteroatoms. The zero-order valence-electron chi connectivity index (χ0n) is 19.5. The average molecular weight is 467 g/mol. The highest BCUT2D eigenvalue weighted by atomic mass is 19.1.